The molecule has 0 saturated heterocycles. The molecular weight excluding hydrogens is 621 g/mol. The Labute approximate surface area is 303 Å². The molecule has 51 heavy (non-hydrogen) atoms. The number of para-hydroxylation sites is 3. The first-order chi connectivity index (χ1) is 28.2. The van der Waals surface area contributed by atoms with Crippen molar-refractivity contribution in [2.75, 3.05) is 0 Å². The maximum Gasteiger partial charge on any atom is 0.136 e. The van der Waals surface area contributed by atoms with Gasteiger partial charge in [-0.15, -0.1) is 0 Å². The van der Waals surface area contributed by atoms with E-state index in [4.69, 9.17) is 14.0 Å². The summed E-state index contributed by atoms with van der Waals surface area (Å²) in [5.74, 6) is 0. The fourth-order valence-corrected chi connectivity index (χ4v) is 7.85. The predicted molar refractivity (Wildman–Crippen MR) is 213 cm³/mol. The van der Waals surface area contributed by atoms with Gasteiger partial charge in [-0.2, -0.15) is 0 Å². The standard InChI is InChI=1S/C48H30N2O/c1-3-12-31(13-4-1)36-18-11-21-47-48(36)41-30-35(24-27-46(41)51-47)50-43-20-10-8-17-38(43)40-29-33(23-26-45(40)50)32-22-25-44-39(28-32)37-16-7-9-19-42(37)49(44)34-14-5-2-6-15-34/h1-30H/i1D,3D,4D,9D,12D,13D,16D. The zero-order valence-corrected chi connectivity index (χ0v) is 27.1. The Kier molecular flexibility index (Phi) is 4.67. The zero-order valence-electron chi connectivity index (χ0n) is 34.1. The molecule has 0 spiro atoms. The maximum atomic E-state index is 8.92. The number of hydrogen-bond acceptors (Lipinski definition) is 1. The van der Waals surface area contributed by atoms with Gasteiger partial charge in [0.25, 0.3) is 0 Å². The molecule has 0 radical (unpaired) electrons. The summed E-state index contributed by atoms with van der Waals surface area (Å²) in [4.78, 5) is 0. The van der Waals surface area contributed by atoms with E-state index in [1.54, 1.807) is 18.2 Å². The Hall–Kier alpha value is -6.84. The number of aromatic nitrogens is 2. The van der Waals surface area contributed by atoms with Crippen LogP contribution in [-0.4, -0.2) is 9.13 Å². The highest BCUT2D eigenvalue weighted by Gasteiger charge is 2.18. The van der Waals surface area contributed by atoms with E-state index in [1.165, 1.54) is 0 Å². The average Bonchev–Trinajstić information content (AvgIpc) is 3.89. The van der Waals surface area contributed by atoms with Gasteiger partial charge in [0.15, 0.2) is 0 Å². The van der Waals surface area contributed by atoms with Crippen molar-refractivity contribution in [2.45, 2.75) is 0 Å². The van der Waals surface area contributed by atoms with Gasteiger partial charge >= 0.3 is 0 Å². The summed E-state index contributed by atoms with van der Waals surface area (Å²) >= 11 is 0. The molecule has 0 aliphatic rings. The molecular formula is C48H30N2O. The molecule has 0 fully saturated rings. The Morgan fingerprint density at radius 2 is 1.10 bits per heavy atom. The van der Waals surface area contributed by atoms with Crippen molar-refractivity contribution >= 4 is 65.6 Å². The second-order valence-corrected chi connectivity index (χ2v) is 12.8. The lowest BCUT2D eigenvalue weighted by Gasteiger charge is -2.10. The van der Waals surface area contributed by atoms with Gasteiger partial charge in [0, 0.05) is 43.7 Å². The van der Waals surface area contributed by atoms with Gasteiger partial charge < -0.3 is 13.6 Å². The molecule has 0 aliphatic carbocycles. The fourth-order valence-electron chi connectivity index (χ4n) is 7.85. The number of furan rings is 1. The highest BCUT2D eigenvalue weighted by atomic mass is 16.3. The minimum Gasteiger partial charge on any atom is -0.456 e. The molecule has 0 N–H and O–H groups in total. The average molecular weight is 658 g/mol. The molecule has 0 unspecified atom stereocenters. The summed E-state index contributed by atoms with van der Waals surface area (Å²) in [5.41, 5.74) is 9.55. The monoisotopic (exact) mass is 657 g/mol. The van der Waals surface area contributed by atoms with Crippen LogP contribution in [0.15, 0.2) is 186 Å². The topological polar surface area (TPSA) is 23.0 Å². The van der Waals surface area contributed by atoms with Crippen LogP contribution in [0.4, 0.5) is 0 Å². The van der Waals surface area contributed by atoms with Crippen molar-refractivity contribution in [3.8, 4) is 33.6 Å². The van der Waals surface area contributed by atoms with Crippen molar-refractivity contribution in [1.29, 1.82) is 0 Å². The molecule has 238 valence electrons. The third-order valence-corrected chi connectivity index (χ3v) is 10.1. The summed E-state index contributed by atoms with van der Waals surface area (Å²) in [6, 6.07) is 45.0. The Morgan fingerprint density at radius 3 is 1.92 bits per heavy atom. The largest absolute Gasteiger partial charge is 0.456 e. The van der Waals surface area contributed by atoms with E-state index in [0.29, 0.717) is 34.2 Å². The fraction of sp³-hybridized carbons (Fsp3) is 0. The molecule has 3 heterocycles. The third-order valence-electron chi connectivity index (χ3n) is 10.1. The highest BCUT2D eigenvalue weighted by Crippen LogP contribution is 2.41. The third kappa shape index (κ3) is 4.19. The van der Waals surface area contributed by atoms with E-state index in [1.807, 2.05) is 66.7 Å². The van der Waals surface area contributed by atoms with Crippen LogP contribution >= 0.6 is 0 Å². The second-order valence-electron chi connectivity index (χ2n) is 12.8. The Bertz CT molecular complexity index is 3520. The van der Waals surface area contributed by atoms with E-state index >= 15 is 0 Å². The van der Waals surface area contributed by atoms with Gasteiger partial charge in [-0.05, 0) is 95.1 Å². The molecule has 8 aromatic carbocycles. The van der Waals surface area contributed by atoms with Crippen LogP contribution in [0.3, 0.4) is 0 Å². The zero-order chi connectivity index (χ0) is 39.6. The molecule has 11 rings (SSSR count). The summed E-state index contributed by atoms with van der Waals surface area (Å²) in [6.07, 6.45) is 0. The van der Waals surface area contributed by atoms with Gasteiger partial charge in [0.05, 0.1) is 31.7 Å². The molecule has 0 atom stereocenters. The molecule has 0 aliphatic heterocycles. The van der Waals surface area contributed by atoms with Gasteiger partial charge in [-0.1, -0.05) is 109 Å². The first-order valence-electron chi connectivity index (χ1n) is 20.4. The van der Waals surface area contributed by atoms with Gasteiger partial charge in [0.1, 0.15) is 11.2 Å². The molecule has 0 bridgehead atoms. The lowest BCUT2D eigenvalue weighted by molar-refractivity contribution is 0.669. The lowest BCUT2D eigenvalue weighted by Crippen LogP contribution is -1.93. The van der Waals surface area contributed by atoms with Gasteiger partial charge in [-0.3, -0.25) is 0 Å². The molecule has 0 amide bonds. The number of nitrogens with zero attached hydrogens (tertiary/aromatic N) is 2. The number of fused-ring (bicyclic) bond motifs is 9. The summed E-state index contributed by atoms with van der Waals surface area (Å²) in [6.45, 7) is 0. The van der Waals surface area contributed by atoms with Crippen molar-refractivity contribution in [1.82, 2.24) is 9.13 Å². The molecule has 3 nitrogen and oxygen atoms in total. The van der Waals surface area contributed by atoms with Crippen molar-refractivity contribution in [3.63, 3.8) is 0 Å². The van der Waals surface area contributed by atoms with Crippen LogP contribution in [0.1, 0.15) is 9.60 Å². The van der Waals surface area contributed by atoms with Crippen molar-refractivity contribution in [2.24, 2.45) is 0 Å². The van der Waals surface area contributed by atoms with Gasteiger partial charge in [-0.25, -0.2) is 0 Å². The number of rotatable bonds is 4. The Balaban J connectivity index is 1.10. The highest BCUT2D eigenvalue weighted by molar-refractivity contribution is 6.15. The smallest absolute Gasteiger partial charge is 0.136 e. The number of hydrogen-bond donors (Lipinski definition) is 0. The van der Waals surface area contributed by atoms with Crippen LogP contribution in [-0.2, 0) is 0 Å². The van der Waals surface area contributed by atoms with Crippen molar-refractivity contribution < 1.29 is 14.0 Å². The van der Waals surface area contributed by atoms with Crippen LogP contribution in [0, 0.1) is 0 Å². The van der Waals surface area contributed by atoms with Crippen LogP contribution in [0.5, 0.6) is 0 Å². The normalized spacial score (nSPS) is 13.8. The minimum atomic E-state index is -0.429. The molecule has 11 aromatic rings. The predicted octanol–water partition coefficient (Wildman–Crippen LogP) is 13.1. The minimum absolute atomic E-state index is 0.136. The first-order valence-corrected chi connectivity index (χ1v) is 16.9. The van der Waals surface area contributed by atoms with Crippen LogP contribution < -0.4 is 0 Å². The van der Waals surface area contributed by atoms with Crippen LogP contribution in [0.2, 0.25) is 0 Å². The van der Waals surface area contributed by atoms with E-state index in [0.717, 1.165) is 71.5 Å². The first kappa shape index (κ1) is 22.0. The molecule has 3 aromatic heterocycles. The quantitative estimate of drug-likeness (QED) is 0.185. The van der Waals surface area contributed by atoms with Crippen molar-refractivity contribution in [3.05, 3.63) is 182 Å². The SMILES string of the molecule is [2H]c1cc([2H])c2c3cc(-c4ccc5c(c4)c4ccccc4n5-c4ccc5oc6cccc(-c7c([2H])c([2H])c([2H])c([2H])c7[2H])c6c5c4)ccc3n(-c3ccccc3)c2c1. The molecule has 0 saturated carbocycles. The molecule has 3 heteroatoms. The summed E-state index contributed by atoms with van der Waals surface area (Å²) in [5, 5.41) is 5.36. The summed E-state index contributed by atoms with van der Waals surface area (Å²) in [7, 11) is 0. The number of benzene rings is 8. The Morgan fingerprint density at radius 1 is 0.392 bits per heavy atom. The second kappa shape index (κ2) is 10.8. The van der Waals surface area contributed by atoms with E-state index in [-0.39, 0.29) is 29.7 Å². The van der Waals surface area contributed by atoms with E-state index in [9.17, 15) is 0 Å². The maximum absolute atomic E-state index is 8.92. The van der Waals surface area contributed by atoms with E-state index in [2.05, 4.69) is 63.7 Å². The lowest BCUT2D eigenvalue weighted by atomic mass is 9.99. The van der Waals surface area contributed by atoms with E-state index < -0.39 is 6.04 Å². The van der Waals surface area contributed by atoms with Crippen LogP contribution in [0.25, 0.3) is 99.2 Å². The summed E-state index contributed by atoms with van der Waals surface area (Å²) < 4.78 is 70.3. The van der Waals surface area contributed by atoms with Gasteiger partial charge in [0.2, 0.25) is 0 Å².